The van der Waals surface area contributed by atoms with E-state index in [1.54, 1.807) is 25.2 Å². The van der Waals surface area contributed by atoms with Crippen LogP contribution in [0.4, 0.5) is 13.2 Å². The maximum Gasteiger partial charge on any atom is 0.573 e. The van der Waals surface area contributed by atoms with Crippen LogP contribution >= 0.6 is 0 Å². The van der Waals surface area contributed by atoms with Crippen LogP contribution in [0.1, 0.15) is 29.5 Å². The molecule has 11 heteroatoms. The molecule has 2 aromatic rings. The SMILES string of the molecule is CN(C(=O)/C=C/c1cccc(OC(F)(F)F)c1)C1CC[C@@]2(O)[C@H]3Cc4ccc(O)c5c4[C@@]2(C(O)CN3C)C1O5. The number of amides is 1. The summed E-state index contributed by atoms with van der Waals surface area (Å²) in [5.41, 5.74) is -0.729. The highest BCUT2D eigenvalue weighted by atomic mass is 19.4. The topological polar surface area (TPSA) is 103 Å². The smallest absolute Gasteiger partial charge is 0.504 e. The molecule has 2 aliphatic heterocycles. The van der Waals surface area contributed by atoms with Gasteiger partial charge in [0.1, 0.15) is 11.9 Å². The molecule has 8 nitrogen and oxygen atoms in total. The van der Waals surface area contributed by atoms with Crippen molar-refractivity contribution in [1.82, 2.24) is 9.80 Å². The number of rotatable bonds is 4. The Labute approximate surface area is 222 Å². The Hall–Kier alpha value is -3.28. The van der Waals surface area contributed by atoms with Gasteiger partial charge >= 0.3 is 6.36 Å². The summed E-state index contributed by atoms with van der Waals surface area (Å²) in [7, 11) is 3.47. The minimum atomic E-state index is -4.83. The van der Waals surface area contributed by atoms with Crippen molar-refractivity contribution in [3.8, 4) is 17.2 Å². The summed E-state index contributed by atoms with van der Waals surface area (Å²) < 4.78 is 48.1. The van der Waals surface area contributed by atoms with Crippen LogP contribution < -0.4 is 9.47 Å². The van der Waals surface area contributed by atoms with E-state index in [9.17, 15) is 33.3 Å². The monoisotopic (exact) mass is 546 g/mol. The molecule has 1 spiro atoms. The van der Waals surface area contributed by atoms with E-state index in [2.05, 4.69) is 4.74 Å². The molecule has 0 radical (unpaired) electrons. The predicted molar refractivity (Wildman–Crippen MR) is 133 cm³/mol. The largest absolute Gasteiger partial charge is 0.573 e. The first-order valence-electron chi connectivity index (χ1n) is 12.8. The number of β-amino-alcohol motifs (C(OH)–C–C–N with tert-alkyl or cyclic N) is 1. The molecule has 0 aromatic heterocycles. The van der Waals surface area contributed by atoms with Gasteiger partial charge in [-0.05, 0) is 61.7 Å². The van der Waals surface area contributed by atoms with Gasteiger partial charge in [0.15, 0.2) is 11.5 Å². The number of aromatic hydroxyl groups is 1. The first-order valence-corrected chi connectivity index (χ1v) is 12.8. The van der Waals surface area contributed by atoms with Gasteiger partial charge in [-0.25, -0.2) is 0 Å². The minimum absolute atomic E-state index is 0.0852. The summed E-state index contributed by atoms with van der Waals surface area (Å²) in [5, 5.41) is 34.6. The number of phenolic OH excluding ortho intramolecular Hbond substituents is 1. The molecule has 1 saturated carbocycles. The molecule has 2 fully saturated rings. The lowest BCUT2D eigenvalue weighted by Gasteiger charge is -2.65. The van der Waals surface area contributed by atoms with E-state index < -0.39 is 47.3 Å². The Morgan fingerprint density at radius 3 is 2.79 bits per heavy atom. The van der Waals surface area contributed by atoms with Crippen LogP contribution in [0.15, 0.2) is 42.5 Å². The highest BCUT2D eigenvalue weighted by Crippen LogP contribution is 2.65. The molecule has 208 valence electrons. The van der Waals surface area contributed by atoms with Gasteiger partial charge in [0.05, 0.1) is 23.2 Å². The Balaban J connectivity index is 1.33. The normalized spacial score (nSPS) is 33.0. The van der Waals surface area contributed by atoms with Gasteiger partial charge < -0.3 is 29.7 Å². The lowest BCUT2D eigenvalue weighted by atomic mass is 9.47. The zero-order valence-corrected chi connectivity index (χ0v) is 21.4. The van der Waals surface area contributed by atoms with Crippen molar-refractivity contribution < 1.29 is 42.8 Å². The van der Waals surface area contributed by atoms with Crippen LogP contribution in [0.5, 0.6) is 17.2 Å². The number of benzene rings is 2. The molecule has 2 heterocycles. The lowest BCUT2D eigenvalue weighted by molar-refractivity contribution is -0.274. The Morgan fingerprint density at radius 2 is 2.05 bits per heavy atom. The van der Waals surface area contributed by atoms with Crippen molar-refractivity contribution in [2.45, 2.75) is 60.9 Å². The Bertz CT molecular complexity index is 1370. The number of nitrogens with zero attached hydrogens (tertiary/aromatic N) is 2. The molecule has 39 heavy (non-hydrogen) atoms. The molecule has 2 aliphatic carbocycles. The number of ether oxygens (including phenoxy) is 2. The van der Waals surface area contributed by atoms with Gasteiger partial charge in [0.25, 0.3) is 0 Å². The first kappa shape index (κ1) is 26.0. The average molecular weight is 547 g/mol. The Kier molecular flexibility index (Phi) is 5.73. The number of halogens is 3. The molecular formula is C28H29F3N2O6. The number of aliphatic hydroxyl groups excluding tert-OH is 1. The summed E-state index contributed by atoms with van der Waals surface area (Å²) in [6, 6.07) is 7.81. The van der Waals surface area contributed by atoms with Crippen LogP contribution in [0.25, 0.3) is 6.08 Å². The average Bonchev–Trinajstić information content (AvgIpc) is 3.24. The van der Waals surface area contributed by atoms with E-state index in [0.717, 1.165) is 5.56 Å². The van der Waals surface area contributed by atoms with E-state index in [0.29, 0.717) is 36.9 Å². The fraction of sp³-hybridized carbons (Fsp3) is 0.464. The minimum Gasteiger partial charge on any atom is -0.504 e. The number of carbonyl (C=O) groups is 1. The Morgan fingerprint density at radius 1 is 1.28 bits per heavy atom. The second-order valence-electron chi connectivity index (χ2n) is 11.0. The number of likely N-dealkylation sites (tertiary alicyclic amines) is 1. The summed E-state index contributed by atoms with van der Waals surface area (Å²) >= 11 is 0. The number of alkyl halides is 3. The highest BCUT2D eigenvalue weighted by molar-refractivity contribution is 5.92. The number of piperidine rings is 1. The second kappa shape index (κ2) is 8.61. The van der Waals surface area contributed by atoms with Gasteiger partial charge in [-0.2, -0.15) is 0 Å². The van der Waals surface area contributed by atoms with E-state index in [1.807, 2.05) is 11.9 Å². The molecule has 3 N–H and O–H groups in total. The highest BCUT2D eigenvalue weighted by Gasteiger charge is 2.76. The van der Waals surface area contributed by atoms with Crippen molar-refractivity contribution in [3.63, 3.8) is 0 Å². The number of carbonyl (C=O) groups excluding carboxylic acids is 1. The van der Waals surface area contributed by atoms with Gasteiger partial charge in [-0.1, -0.05) is 18.2 Å². The number of hydrogen-bond donors (Lipinski definition) is 3. The summed E-state index contributed by atoms with van der Waals surface area (Å²) in [6.45, 7) is 0.294. The van der Waals surface area contributed by atoms with Crippen molar-refractivity contribution in [2.24, 2.45) is 0 Å². The van der Waals surface area contributed by atoms with Crippen molar-refractivity contribution >= 4 is 12.0 Å². The van der Waals surface area contributed by atoms with E-state index in [4.69, 9.17) is 4.74 Å². The third-order valence-corrected chi connectivity index (χ3v) is 9.06. The maximum atomic E-state index is 13.3. The van der Waals surface area contributed by atoms with Gasteiger partial charge in [0, 0.05) is 31.3 Å². The fourth-order valence-electron chi connectivity index (χ4n) is 7.48. The summed E-state index contributed by atoms with van der Waals surface area (Å²) in [5.74, 6) is -0.671. The predicted octanol–water partition coefficient (Wildman–Crippen LogP) is 2.59. The standard InChI is InChI=1S/C28H29F3N2O6/c1-32-14-21(35)27-23-16-7-8-19(34)24(23)38-25(27)18(10-11-26(27,37)20(32)13-16)33(2)22(36)9-6-15-4-3-5-17(12-15)39-28(29,30)31/h3-9,12,18,20-21,25,34-35,37H,10-11,13-14H2,1-2H3/b9-6+/t18?,20-,21?,25?,26-,27+/m1/s1. The fourth-order valence-corrected chi connectivity index (χ4v) is 7.48. The van der Waals surface area contributed by atoms with Crippen LogP contribution in [0.2, 0.25) is 0 Å². The van der Waals surface area contributed by atoms with Gasteiger partial charge in [0.2, 0.25) is 5.91 Å². The third-order valence-electron chi connectivity index (χ3n) is 9.06. The number of hydrogen-bond acceptors (Lipinski definition) is 7. The van der Waals surface area contributed by atoms with Gasteiger partial charge in [-0.15, -0.1) is 13.2 Å². The molecule has 6 atom stereocenters. The number of likely N-dealkylation sites (N-methyl/N-ethyl adjacent to an activating group) is 2. The third kappa shape index (κ3) is 3.66. The number of aliphatic hydroxyl groups is 2. The van der Waals surface area contributed by atoms with E-state index in [1.165, 1.54) is 35.3 Å². The van der Waals surface area contributed by atoms with Crippen molar-refractivity contribution in [3.05, 3.63) is 59.2 Å². The summed E-state index contributed by atoms with van der Waals surface area (Å²) in [6.07, 6.45) is -2.79. The van der Waals surface area contributed by atoms with Crippen LogP contribution in [-0.4, -0.2) is 87.9 Å². The van der Waals surface area contributed by atoms with E-state index in [-0.39, 0.29) is 17.5 Å². The lowest BCUT2D eigenvalue weighted by Crippen LogP contribution is -2.82. The molecule has 3 unspecified atom stereocenters. The van der Waals surface area contributed by atoms with Crippen LogP contribution in [-0.2, 0) is 16.6 Å². The maximum absolute atomic E-state index is 13.3. The van der Waals surface area contributed by atoms with Crippen molar-refractivity contribution in [1.29, 1.82) is 0 Å². The molecule has 1 amide bonds. The van der Waals surface area contributed by atoms with Crippen molar-refractivity contribution in [2.75, 3.05) is 20.6 Å². The molecule has 6 rings (SSSR count). The molecule has 4 aliphatic rings. The molecule has 1 saturated heterocycles. The van der Waals surface area contributed by atoms with Crippen LogP contribution in [0.3, 0.4) is 0 Å². The van der Waals surface area contributed by atoms with E-state index >= 15 is 0 Å². The molecule has 2 bridgehead atoms. The zero-order chi connectivity index (χ0) is 27.9. The molecular weight excluding hydrogens is 517 g/mol. The van der Waals surface area contributed by atoms with Gasteiger partial charge in [-0.3, -0.25) is 9.69 Å². The molecule has 2 aromatic carbocycles. The first-order chi connectivity index (χ1) is 18.4. The quantitative estimate of drug-likeness (QED) is 0.507. The second-order valence-corrected chi connectivity index (χ2v) is 11.0. The number of phenols is 1. The van der Waals surface area contributed by atoms with Crippen LogP contribution in [0, 0.1) is 0 Å². The summed E-state index contributed by atoms with van der Waals surface area (Å²) in [4.78, 5) is 16.7. The zero-order valence-electron chi connectivity index (χ0n) is 21.4.